The standard InChI is InChI=1S/C60H88N10O20S2/c1-11-67(12-2)43-15-18-46-49(33-43)90-50-34-44(68(13-3)14-4)16-19-47(50)56(46)48-20-17-45(35-51(48)92(83,84)85)91(81,82)70-27-25-69(26-28-70)55(74)24-32-89-39-60(36-86-29-21-52(71)61-40(5)57(75)64(8)78,37-87-30-22-53(72)62-41(6)58(76)65(9)79)38-88-31-23-54(73)63-42(7)59(77)66(10)80/h15-20,33-35,40-42,78-80H,11-14,21-32,36-39H2,1-10H3,(H3-,61,62,63,71,72,73,83,84,85)/p+1. The number of carbonyl (C=O) groups excluding carboxylic acids is 7. The molecule has 5 rings (SSSR count). The fourth-order valence-electron chi connectivity index (χ4n) is 10.3. The summed E-state index contributed by atoms with van der Waals surface area (Å²) in [5.74, 6) is -4.12. The molecule has 2 heterocycles. The molecule has 3 aliphatic rings. The van der Waals surface area contributed by atoms with E-state index in [0.717, 1.165) is 42.6 Å². The second kappa shape index (κ2) is 34.6. The molecule has 0 bridgehead atoms. The number of hydrogen-bond donors (Lipinski definition) is 7. The van der Waals surface area contributed by atoms with E-state index in [2.05, 4.69) is 25.4 Å². The summed E-state index contributed by atoms with van der Waals surface area (Å²) in [4.78, 5) is 91.0. The Balaban J connectivity index is 1.34. The van der Waals surface area contributed by atoms with Crippen LogP contribution in [0.1, 0.15) is 74.1 Å². The third-order valence-electron chi connectivity index (χ3n) is 15.4. The summed E-state index contributed by atoms with van der Waals surface area (Å²) in [6.07, 6.45) is -0.993. The third-order valence-corrected chi connectivity index (χ3v) is 18.2. The first-order valence-corrected chi connectivity index (χ1v) is 33.1. The van der Waals surface area contributed by atoms with Crippen LogP contribution in [-0.4, -0.2) is 247 Å². The van der Waals surface area contributed by atoms with E-state index < -0.39 is 94.8 Å². The van der Waals surface area contributed by atoms with Crippen molar-refractivity contribution >= 4 is 78.1 Å². The largest absolute Gasteiger partial charge is 0.456 e. The van der Waals surface area contributed by atoms with Gasteiger partial charge >= 0.3 is 0 Å². The van der Waals surface area contributed by atoms with Gasteiger partial charge in [-0.05, 0) is 78.8 Å². The maximum absolute atomic E-state index is 14.4. The number of amides is 7. The first-order chi connectivity index (χ1) is 43.4. The van der Waals surface area contributed by atoms with Crippen LogP contribution < -0.4 is 30.8 Å². The molecule has 7 amide bonds. The van der Waals surface area contributed by atoms with Crippen LogP contribution in [0, 0.1) is 5.41 Å². The topological polar surface area (TPSA) is 377 Å². The molecule has 0 aromatic heterocycles. The molecular formula is C60H89N10O20S2+. The zero-order valence-corrected chi connectivity index (χ0v) is 55.5. The highest BCUT2D eigenvalue weighted by atomic mass is 32.2. The van der Waals surface area contributed by atoms with Gasteiger partial charge in [-0.1, -0.05) is 6.07 Å². The van der Waals surface area contributed by atoms with Crippen molar-refractivity contribution in [1.82, 2.24) is 44.9 Å². The molecule has 32 heteroatoms. The van der Waals surface area contributed by atoms with Gasteiger partial charge in [-0.15, -0.1) is 0 Å². The van der Waals surface area contributed by atoms with Gasteiger partial charge in [0, 0.05) is 120 Å². The molecule has 7 N–H and O–H groups in total. The number of benzene rings is 3. The molecule has 2 aliphatic heterocycles. The zero-order valence-electron chi connectivity index (χ0n) is 53.8. The monoisotopic (exact) mass is 1330 g/mol. The fraction of sp³-hybridized carbons (Fsp3) is 0.567. The van der Waals surface area contributed by atoms with Crippen molar-refractivity contribution in [2.24, 2.45) is 5.41 Å². The number of sulfonamides is 1. The summed E-state index contributed by atoms with van der Waals surface area (Å²) in [5, 5.41) is 38.3. The molecule has 1 fully saturated rings. The molecule has 0 spiro atoms. The van der Waals surface area contributed by atoms with Crippen LogP contribution in [0.3, 0.4) is 0 Å². The van der Waals surface area contributed by atoms with Gasteiger partial charge < -0.3 is 49.1 Å². The van der Waals surface area contributed by atoms with E-state index in [1.807, 2.05) is 64.1 Å². The average Bonchev–Trinajstić information content (AvgIpc) is 0.740. The quantitative estimate of drug-likeness (QED) is 0.00859. The predicted octanol–water partition coefficient (Wildman–Crippen LogP) is 1.61. The van der Waals surface area contributed by atoms with E-state index in [0.29, 0.717) is 69.2 Å². The summed E-state index contributed by atoms with van der Waals surface area (Å²) in [7, 11) is -6.23. The highest BCUT2D eigenvalue weighted by Gasteiger charge is 2.36. The van der Waals surface area contributed by atoms with Crippen molar-refractivity contribution in [1.29, 1.82) is 0 Å². The molecule has 2 aromatic rings. The summed E-state index contributed by atoms with van der Waals surface area (Å²) >= 11 is 0. The Bertz CT molecular complexity index is 3370. The minimum Gasteiger partial charge on any atom is -0.456 e. The van der Waals surface area contributed by atoms with Crippen LogP contribution in [0.15, 0.2) is 68.8 Å². The van der Waals surface area contributed by atoms with E-state index in [9.17, 15) is 70.6 Å². The van der Waals surface area contributed by atoms with Gasteiger partial charge in [-0.25, -0.2) is 28.2 Å². The Labute approximate surface area is 536 Å². The molecule has 92 heavy (non-hydrogen) atoms. The van der Waals surface area contributed by atoms with Gasteiger partial charge in [0.25, 0.3) is 27.8 Å². The first kappa shape index (κ1) is 75.5. The number of likely N-dealkylation sites (N-methyl/N-ethyl adjacent to an activating group) is 3. The van der Waals surface area contributed by atoms with Gasteiger partial charge in [0.15, 0.2) is 0 Å². The van der Waals surface area contributed by atoms with E-state index >= 15 is 0 Å². The second-order valence-electron chi connectivity index (χ2n) is 22.3. The molecule has 0 saturated carbocycles. The lowest BCUT2D eigenvalue weighted by Crippen LogP contribution is -2.50. The zero-order chi connectivity index (χ0) is 68.3. The van der Waals surface area contributed by atoms with Gasteiger partial charge in [0.05, 0.1) is 75.7 Å². The van der Waals surface area contributed by atoms with Crippen molar-refractivity contribution in [2.45, 2.75) is 102 Å². The van der Waals surface area contributed by atoms with Gasteiger partial charge in [-0.3, -0.25) is 53.7 Å². The fourth-order valence-corrected chi connectivity index (χ4v) is 12.6. The molecule has 1 saturated heterocycles. The minimum absolute atomic E-state index is 0.0419. The van der Waals surface area contributed by atoms with Gasteiger partial charge in [-0.2, -0.15) is 12.7 Å². The Morgan fingerprint density at radius 2 is 1.05 bits per heavy atom. The minimum atomic E-state index is -5.10. The molecule has 30 nitrogen and oxygen atoms in total. The summed E-state index contributed by atoms with van der Waals surface area (Å²) < 4.78 is 100. The maximum atomic E-state index is 14.4. The van der Waals surface area contributed by atoms with Crippen molar-refractivity contribution in [3.63, 3.8) is 0 Å². The van der Waals surface area contributed by atoms with Crippen LogP contribution in [0.25, 0.3) is 33.4 Å². The Kier molecular flexibility index (Phi) is 28.4. The highest BCUT2D eigenvalue weighted by molar-refractivity contribution is 7.89. The number of hydrogen-bond acceptors (Lipinski definition) is 20. The number of nitrogens with one attached hydrogen (secondary N) is 3. The number of fused-ring (bicyclic) bond motifs is 2. The van der Waals surface area contributed by atoms with E-state index in [1.165, 1.54) is 37.8 Å². The van der Waals surface area contributed by atoms with Crippen LogP contribution in [-0.2, 0) is 72.7 Å². The number of hydroxylamine groups is 6. The smallest absolute Gasteiger partial charge is 0.295 e. The maximum Gasteiger partial charge on any atom is 0.295 e. The van der Waals surface area contributed by atoms with Gasteiger partial charge in [0.1, 0.15) is 47.5 Å². The molecular weight excluding hydrogens is 1240 g/mol. The number of rotatable bonds is 35. The SMILES string of the molecule is CCN(CC)c1ccc2c(-c3ccc(S(=O)(=O)N4CCN(C(=O)CCOCC(COCCC(=O)NC(C)C(=O)N(C)O)(COCCC(=O)NC(C)C(=O)N(C)O)COCCC(=O)NC(C)C(=O)N(C)O)CC4)cc3S(=O)(=O)O)c3ccc(=[N+](CC)CC)cc-3oc2c1. The molecule has 0 radical (unpaired) electrons. The molecule has 1 aliphatic carbocycles. The highest BCUT2D eigenvalue weighted by Crippen LogP contribution is 2.44. The van der Waals surface area contributed by atoms with Crippen LogP contribution >= 0.6 is 0 Å². The van der Waals surface area contributed by atoms with E-state index in [1.54, 1.807) is 0 Å². The Morgan fingerprint density at radius 1 is 0.609 bits per heavy atom. The number of anilines is 1. The Morgan fingerprint density at radius 3 is 1.48 bits per heavy atom. The van der Waals surface area contributed by atoms with Crippen molar-refractivity contribution in [3.8, 4) is 22.5 Å². The first-order valence-electron chi connectivity index (χ1n) is 30.2. The van der Waals surface area contributed by atoms with Gasteiger partial charge in [0.2, 0.25) is 39.0 Å². The lowest BCUT2D eigenvalue weighted by molar-refractivity contribution is -0.162. The van der Waals surface area contributed by atoms with Crippen LogP contribution in [0.4, 0.5) is 5.69 Å². The Hall–Kier alpha value is -7.24. The van der Waals surface area contributed by atoms with E-state index in [-0.39, 0.29) is 110 Å². The summed E-state index contributed by atoms with van der Waals surface area (Å²) in [5.41, 5.74) is 0.949. The predicted molar refractivity (Wildman–Crippen MR) is 334 cm³/mol. The molecule has 2 aromatic carbocycles. The summed E-state index contributed by atoms with van der Waals surface area (Å²) in [6.45, 7) is 12.6. The third kappa shape index (κ3) is 20.6. The lowest BCUT2D eigenvalue weighted by atomic mass is 9.92. The normalized spacial score (nSPS) is 14.6. The van der Waals surface area contributed by atoms with E-state index in [4.69, 9.17) is 23.4 Å². The van der Waals surface area contributed by atoms with Crippen molar-refractivity contribution in [3.05, 3.63) is 60.0 Å². The summed E-state index contributed by atoms with van der Waals surface area (Å²) in [6, 6.07) is 11.5. The second-order valence-corrected chi connectivity index (χ2v) is 25.6. The average molecular weight is 1330 g/mol. The van der Waals surface area contributed by atoms with Crippen molar-refractivity contribution < 1.29 is 93.9 Å². The number of nitrogens with zero attached hydrogens (tertiary/aromatic N) is 7. The molecule has 3 atom stereocenters. The number of piperazine rings is 1. The van der Waals surface area contributed by atoms with Crippen LogP contribution in [0.2, 0.25) is 0 Å². The molecule has 510 valence electrons. The van der Waals surface area contributed by atoms with Crippen LogP contribution in [0.5, 0.6) is 0 Å². The van der Waals surface area contributed by atoms with Crippen molar-refractivity contribution in [2.75, 3.05) is 131 Å². The number of ether oxygens (including phenoxy) is 4. The number of carbonyl (C=O) groups is 7. The molecule has 3 unspecified atom stereocenters. The lowest BCUT2D eigenvalue weighted by Gasteiger charge is -2.34.